The predicted octanol–water partition coefficient (Wildman–Crippen LogP) is 4.08. The first-order chi connectivity index (χ1) is 8.16. The lowest BCUT2D eigenvalue weighted by molar-refractivity contribution is 0.166. The van der Waals surface area contributed by atoms with Crippen molar-refractivity contribution in [1.82, 2.24) is 0 Å². The van der Waals surface area contributed by atoms with Crippen LogP contribution in [-0.4, -0.2) is 0 Å². The van der Waals surface area contributed by atoms with Gasteiger partial charge in [0.05, 0.1) is 0 Å². The summed E-state index contributed by atoms with van der Waals surface area (Å²) in [7, 11) is 0. The molecule has 1 saturated carbocycles. The lowest BCUT2D eigenvalue weighted by Gasteiger charge is -2.41. The van der Waals surface area contributed by atoms with Crippen molar-refractivity contribution < 1.29 is 0 Å². The maximum Gasteiger partial charge on any atom is 0.0435 e. The third-order valence-corrected chi connectivity index (χ3v) is 4.56. The van der Waals surface area contributed by atoms with Gasteiger partial charge in [-0.05, 0) is 36.7 Å². The van der Waals surface area contributed by atoms with Crippen LogP contribution in [0.2, 0.25) is 0 Å². The van der Waals surface area contributed by atoms with Crippen molar-refractivity contribution in [2.45, 2.75) is 51.5 Å². The molecule has 0 aromatic heterocycles. The second kappa shape index (κ2) is 5.22. The minimum Gasteiger partial charge on any atom is -0.321 e. The van der Waals surface area contributed by atoms with E-state index in [1.54, 1.807) is 0 Å². The summed E-state index contributed by atoms with van der Waals surface area (Å²) < 4.78 is 0. The van der Waals surface area contributed by atoms with Crippen LogP contribution in [-0.2, 0) is 5.54 Å². The molecule has 94 valence electrons. The zero-order chi connectivity index (χ0) is 12.3. The van der Waals surface area contributed by atoms with Gasteiger partial charge in [0, 0.05) is 5.54 Å². The maximum absolute atomic E-state index is 6.76. The van der Waals surface area contributed by atoms with E-state index in [1.165, 1.54) is 31.2 Å². The van der Waals surface area contributed by atoms with Crippen molar-refractivity contribution in [1.29, 1.82) is 0 Å². The summed E-state index contributed by atoms with van der Waals surface area (Å²) in [5.41, 5.74) is 7.96. The summed E-state index contributed by atoms with van der Waals surface area (Å²) in [5, 5.41) is 0. The monoisotopic (exact) mass is 231 g/mol. The predicted molar refractivity (Wildman–Crippen MR) is 73.7 cm³/mol. The van der Waals surface area contributed by atoms with Gasteiger partial charge in [-0.25, -0.2) is 0 Å². The number of nitrogens with two attached hydrogens (primary N) is 1. The Bertz CT molecular complexity index is 346. The highest BCUT2D eigenvalue weighted by Crippen LogP contribution is 2.41. The normalized spacial score (nSPS) is 28.6. The largest absolute Gasteiger partial charge is 0.321 e. The van der Waals surface area contributed by atoms with Gasteiger partial charge in [0.15, 0.2) is 0 Å². The van der Waals surface area contributed by atoms with Crippen LogP contribution in [0.4, 0.5) is 0 Å². The lowest BCUT2D eigenvalue weighted by Crippen LogP contribution is -2.45. The zero-order valence-electron chi connectivity index (χ0n) is 11.2. The van der Waals surface area contributed by atoms with Gasteiger partial charge in [0.1, 0.15) is 0 Å². The van der Waals surface area contributed by atoms with E-state index in [-0.39, 0.29) is 5.54 Å². The lowest BCUT2D eigenvalue weighted by atomic mass is 9.68. The Labute approximate surface area is 105 Å². The van der Waals surface area contributed by atoms with Crippen molar-refractivity contribution in [3.8, 4) is 0 Å². The molecule has 17 heavy (non-hydrogen) atoms. The van der Waals surface area contributed by atoms with Gasteiger partial charge in [0.25, 0.3) is 0 Å². The average Bonchev–Trinajstić information content (AvgIpc) is 2.39. The smallest absolute Gasteiger partial charge is 0.0435 e. The van der Waals surface area contributed by atoms with E-state index in [9.17, 15) is 0 Å². The molecule has 0 aliphatic heterocycles. The first kappa shape index (κ1) is 12.6. The fourth-order valence-corrected chi connectivity index (χ4v) is 3.38. The summed E-state index contributed by atoms with van der Waals surface area (Å²) >= 11 is 0. The summed E-state index contributed by atoms with van der Waals surface area (Å²) in [6.45, 7) is 4.60. The standard InChI is InChI=1S/C16H25N/c1-3-16(17,14-9-5-4-6-10-14)15-11-7-8-13(2)12-15/h4-6,9-10,13,15H,3,7-8,11-12,17H2,1-2H3. The molecule has 1 heteroatoms. The highest BCUT2D eigenvalue weighted by Gasteiger charge is 2.36. The van der Waals surface area contributed by atoms with Crippen LogP contribution in [0.25, 0.3) is 0 Å². The summed E-state index contributed by atoms with van der Waals surface area (Å²) in [6, 6.07) is 10.7. The minimum atomic E-state index is -0.115. The van der Waals surface area contributed by atoms with Crippen LogP contribution in [0.5, 0.6) is 0 Å². The van der Waals surface area contributed by atoms with Crippen molar-refractivity contribution in [3.63, 3.8) is 0 Å². The fourth-order valence-electron chi connectivity index (χ4n) is 3.38. The second-order valence-electron chi connectivity index (χ2n) is 5.73. The van der Waals surface area contributed by atoms with E-state index >= 15 is 0 Å². The van der Waals surface area contributed by atoms with E-state index in [0.717, 1.165) is 12.3 Å². The van der Waals surface area contributed by atoms with Gasteiger partial charge in [-0.2, -0.15) is 0 Å². The molecule has 1 aliphatic rings. The molecule has 1 aliphatic carbocycles. The van der Waals surface area contributed by atoms with Gasteiger partial charge in [-0.1, -0.05) is 57.0 Å². The summed E-state index contributed by atoms with van der Waals surface area (Å²) in [6.07, 6.45) is 6.35. The molecule has 0 amide bonds. The Morgan fingerprint density at radius 3 is 2.53 bits per heavy atom. The van der Waals surface area contributed by atoms with Crippen LogP contribution in [0.1, 0.15) is 51.5 Å². The van der Waals surface area contributed by atoms with Crippen molar-refractivity contribution in [2.24, 2.45) is 17.6 Å². The highest BCUT2D eigenvalue weighted by molar-refractivity contribution is 5.25. The molecule has 1 nitrogen and oxygen atoms in total. The molecule has 2 N–H and O–H groups in total. The first-order valence-electron chi connectivity index (χ1n) is 7.01. The fraction of sp³-hybridized carbons (Fsp3) is 0.625. The van der Waals surface area contributed by atoms with E-state index in [4.69, 9.17) is 5.73 Å². The van der Waals surface area contributed by atoms with Crippen LogP contribution >= 0.6 is 0 Å². The molecule has 0 radical (unpaired) electrons. The number of rotatable bonds is 3. The Balaban J connectivity index is 2.24. The SMILES string of the molecule is CCC(N)(c1ccccc1)C1CCCC(C)C1. The minimum absolute atomic E-state index is 0.115. The number of hydrogen-bond donors (Lipinski definition) is 1. The molecule has 0 saturated heterocycles. The molecule has 1 aromatic rings. The van der Waals surface area contributed by atoms with E-state index in [2.05, 4.69) is 44.2 Å². The average molecular weight is 231 g/mol. The van der Waals surface area contributed by atoms with Crippen molar-refractivity contribution in [2.75, 3.05) is 0 Å². The van der Waals surface area contributed by atoms with Gasteiger partial charge in [-0.15, -0.1) is 0 Å². The summed E-state index contributed by atoms with van der Waals surface area (Å²) in [4.78, 5) is 0. The van der Waals surface area contributed by atoms with E-state index in [1.807, 2.05) is 0 Å². The maximum atomic E-state index is 6.76. The molecule has 1 fully saturated rings. The Morgan fingerprint density at radius 2 is 1.94 bits per heavy atom. The molecule has 2 rings (SSSR count). The van der Waals surface area contributed by atoms with E-state index < -0.39 is 0 Å². The van der Waals surface area contributed by atoms with Crippen molar-refractivity contribution >= 4 is 0 Å². The summed E-state index contributed by atoms with van der Waals surface area (Å²) in [5.74, 6) is 1.49. The second-order valence-corrected chi connectivity index (χ2v) is 5.73. The van der Waals surface area contributed by atoms with Crippen LogP contribution < -0.4 is 5.73 Å². The van der Waals surface area contributed by atoms with Gasteiger partial charge in [-0.3, -0.25) is 0 Å². The van der Waals surface area contributed by atoms with E-state index in [0.29, 0.717) is 5.92 Å². The molecule has 0 bridgehead atoms. The highest BCUT2D eigenvalue weighted by atomic mass is 14.8. The number of hydrogen-bond acceptors (Lipinski definition) is 1. The molecule has 0 heterocycles. The Morgan fingerprint density at radius 1 is 1.24 bits per heavy atom. The van der Waals surface area contributed by atoms with Gasteiger partial charge in [0.2, 0.25) is 0 Å². The third kappa shape index (κ3) is 2.55. The molecular weight excluding hydrogens is 206 g/mol. The quantitative estimate of drug-likeness (QED) is 0.833. The molecular formula is C16H25N. The topological polar surface area (TPSA) is 26.0 Å². The first-order valence-corrected chi connectivity index (χ1v) is 7.01. The molecule has 3 atom stereocenters. The van der Waals surface area contributed by atoms with Gasteiger partial charge >= 0.3 is 0 Å². The molecule has 3 unspecified atom stereocenters. The molecule has 1 aromatic carbocycles. The Kier molecular flexibility index (Phi) is 3.88. The van der Waals surface area contributed by atoms with Gasteiger partial charge < -0.3 is 5.73 Å². The van der Waals surface area contributed by atoms with Crippen LogP contribution in [0.15, 0.2) is 30.3 Å². The third-order valence-electron chi connectivity index (χ3n) is 4.56. The van der Waals surface area contributed by atoms with Crippen molar-refractivity contribution in [3.05, 3.63) is 35.9 Å². The molecule has 0 spiro atoms. The zero-order valence-corrected chi connectivity index (χ0v) is 11.2. The van der Waals surface area contributed by atoms with Crippen LogP contribution in [0, 0.1) is 11.8 Å². The van der Waals surface area contributed by atoms with Crippen LogP contribution in [0.3, 0.4) is 0 Å². The number of benzene rings is 1. The Hall–Kier alpha value is -0.820.